The maximum atomic E-state index is 12.1. The third kappa shape index (κ3) is 2.55. The van der Waals surface area contributed by atoms with Crippen LogP contribution in [0.1, 0.15) is 6.42 Å². The third-order valence-electron chi connectivity index (χ3n) is 5.06. The van der Waals surface area contributed by atoms with Crippen molar-refractivity contribution in [2.45, 2.75) is 6.42 Å². The van der Waals surface area contributed by atoms with E-state index in [9.17, 15) is 19.2 Å². The number of carbonyl (C=O) groups excluding carboxylic acids is 4. The smallest absolute Gasteiger partial charge is 0.309 e. The average Bonchev–Trinajstić information content (AvgIpc) is 3.14. The van der Waals surface area contributed by atoms with E-state index in [1.54, 1.807) is 0 Å². The molecule has 0 aromatic rings. The van der Waals surface area contributed by atoms with E-state index in [0.29, 0.717) is 6.42 Å². The van der Waals surface area contributed by atoms with E-state index in [1.165, 1.54) is 28.4 Å². The number of esters is 4. The van der Waals surface area contributed by atoms with E-state index in [2.05, 4.69) is 0 Å². The Balaban J connectivity index is 2.46. The quantitative estimate of drug-likeness (QED) is 0.516. The molecule has 4 atom stereocenters. The number of carbonyl (C=O) groups is 4. The summed E-state index contributed by atoms with van der Waals surface area (Å²) in [6.07, 6.45) is 0.360. The molecule has 2 rings (SSSR count). The van der Waals surface area contributed by atoms with Crippen LogP contribution in [0.25, 0.3) is 0 Å². The van der Waals surface area contributed by atoms with E-state index in [0.717, 1.165) is 0 Å². The first-order valence-electron chi connectivity index (χ1n) is 7.24. The standard InChI is InChI=1S/C15H20O8/c1-20-12(16)8-6-5-7(9(8)13(17)21-2)11(15(19)23-4)10(6)14(18)22-3/h6-11H,5H2,1-4H3. The van der Waals surface area contributed by atoms with Crippen molar-refractivity contribution in [1.29, 1.82) is 0 Å². The van der Waals surface area contributed by atoms with Gasteiger partial charge in [-0.2, -0.15) is 0 Å². The summed E-state index contributed by atoms with van der Waals surface area (Å²) in [6.45, 7) is 0. The predicted octanol–water partition coefficient (Wildman–Crippen LogP) is -0.207. The molecule has 8 nitrogen and oxygen atoms in total. The van der Waals surface area contributed by atoms with Crippen molar-refractivity contribution in [2.24, 2.45) is 35.5 Å². The fourth-order valence-electron chi connectivity index (χ4n) is 4.24. The minimum absolute atomic E-state index is 0.360. The maximum absolute atomic E-state index is 12.1. The molecule has 2 aliphatic carbocycles. The highest BCUT2D eigenvalue weighted by Crippen LogP contribution is 2.59. The van der Waals surface area contributed by atoms with Crippen LogP contribution >= 0.6 is 0 Å². The lowest BCUT2D eigenvalue weighted by atomic mass is 9.68. The molecule has 23 heavy (non-hydrogen) atoms. The van der Waals surface area contributed by atoms with Gasteiger partial charge in [0.15, 0.2) is 0 Å². The molecular weight excluding hydrogens is 308 g/mol. The Morgan fingerprint density at radius 1 is 0.565 bits per heavy atom. The van der Waals surface area contributed by atoms with E-state index in [1.807, 2.05) is 0 Å². The normalized spacial score (nSPS) is 34.6. The number of fused-ring (bicyclic) bond motifs is 2. The zero-order valence-electron chi connectivity index (χ0n) is 13.4. The van der Waals surface area contributed by atoms with Gasteiger partial charge in [-0.25, -0.2) is 0 Å². The number of ether oxygens (including phenoxy) is 4. The second kappa shape index (κ2) is 6.55. The molecule has 2 bridgehead atoms. The highest BCUT2D eigenvalue weighted by Gasteiger charge is 2.67. The Labute approximate surface area is 133 Å². The van der Waals surface area contributed by atoms with Gasteiger partial charge in [0.25, 0.3) is 0 Å². The van der Waals surface area contributed by atoms with Crippen LogP contribution < -0.4 is 0 Å². The van der Waals surface area contributed by atoms with Crippen LogP contribution in [0.15, 0.2) is 0 Å². The minimum Gasteiger partial charge on any atom is -0.469 e. The highest BCUT2D eigenvalue weighted by molar-refractivity contribution is 5.90. The van der Waals surface area contributed by atoms with Crippen molar-refractivity contribution in [3.8, 4) is 0 Å². The Bertz CT molecular complexity index is 438. The lowest BCUT2D eigenvalue weighted by Crippen LogP contribution is -2.48. The van der Waals surface area contributed by atoms with Gasteiger partial charge in [0.2, 0.25) is 0 Å². The van der Waals surface area contributed by atoms with E-state index >= 15 is 0 Å². The molecule has 0 aliphatic heterocycles. The molecule has 2 fully saturated rings. The van der Waals surface area contributed by atoms with Gasteiger partial charge in [-0.05, 0) is 18.3 Å². The fourth-order valence-corrected chi connectivity index (χ4v) is 4.24. The second-order valence-corrected chi connectivity index (χ2v) is 5.76. The van der Waals surface area contributed by atoms with Gasteiger partial charge in [-0.1, -0.05) is 0 Å². The second-order valence-electron chi connectivity index (χ2n) is 5.76. The average molecular weight is 328 g/mol. The van der Waals surface area contributed by atoms with Crippen LogP contribution in [-0.4, -0.2) is 52.3 Å². The molecule has 128 valence electrons. The molecule has 0 spiro atoms. The summed E-state index contributed by atoms with van der Waals surface area (Å²) in [6, 6.07) is 0. The first kappa shape index (κ1) is 17.2. The Morgan fingerprint density at radius 2 is 0.783 bits per heavy atom. The van der Waals surface area contributed by atoms with Gasteiger partial charge in [0, 0.05) is 0 Å². The van der Waals surface area contributed by atoms with Crippen LogP contribution in [0, 0.1) is 35.5 Å². The SMILES string of the molecule is COC(=O)C1C2CC(C1C(=O)OC)C(C(=O)OC)C2C(=O)OC. The maximum Gasteiger partial charge on any atom is 0.309 e. The van der Waals surface area contributed by atoms with Crippen molar-refractivity contribution in [3.63, 3.8) is 0 Å². The summed E-state index contributed by atoms with van der Waals surface area (Å²) in [5, 5.41) is 0. The molecule has 0 aromatic carbocycles. The molecule has 0 amide bonds. The third-order valence-corrected chi connectivity index (χ3v) is 5.06. The molecule has 0 N–H and O–H groups in total. The molecule has 0 radical (unpaired) electrons. The lowest BCUT2D eigenvalue weighted by molar-refractivity contribution is -0.173. The summed E-state index contributed by atoms with van der Waals surface area (Å²) >= 11 is 0. The summed E-state index contributed by atoms with van der Waals surface area (Å²) in [5.74, 6) is -6.73. The van der Waals surface area contributed by atoms with E-state index in [4.69, 9.17) is 18.9 Å². The van der Waals surface area contributed by atoms with Crippen LogP contribution in [0.2, 0.25) is 0 Å². The summed E-state index contributed by atoms with van der Waals surface area (Å²) in [4.78, 5) is 48.6. The van der Waals surface area contributed by atoms with Crippen molar-refractivity contribution in [3.05, 3.63) is 0 Å². The minimum atomic E-state index is -0.831. The molecule has 2 aliphatic rings. The van der Waals surface area contributed by atoms with Crippen molar-refractivity contribution in [2.75, 3.05) is 28.4 Å². The van der Waals surface area contributed by atoms with Gasteiger partial charge in [0.1, 0.15) is 0 Å². The first-order chi connectivity index (χ1) is 10.9. The van der Waals surface area contributed by atoms with E-state index in [-0.39, 0.29) is 0 Å². The number of methoxy groups -OCH3 is 4. The fraction of sp³-hybridized carbons (Fsp3) is 0.733. The van der Waals surface area contributed by atoms with Crippen molar-refractivity contribution >= 4 is 23.9 Å². The molecule has 2 saturated carbocycles. The van der Waals surface area contributed by atoms with Crippen molar-refractivity contribution in [1.82, 2.24) is 0 Å². The summed E-state index contributed by atoms with van der Waals surface area (Å²) in [7, 11) is 4.86. The topological polar surface area (TPSA) is 105 Å². The summed E-state index contributed by atoms with van der Waals surface area (Å²) < 4.78 is 19.1. The molecular formula is C15H20O8. The van der Waals surface area contributed by atoms with E-state index < -0.39 is 59.4 Å². The van der Waals surface area contributed by atoms with Crippen LogP contribution in [0.5, 0.6) is 0 Å². The Hall–Kier alpha value is -2.12. The zero-order chi connectivity index (χ0) is 17.3. The lowest BCUT2D eigenvalue weighted by Gasteiger charge is -2.35. The van der Waals surface area contributed by atoms with Crippen LogP contribution in [-0.2, 0) is 38.1 Å². The Kier molecular flexibility index (Phi) is 4.91. The monoisotopic (exact) mass is 328 g/mol. The van der Waals surface area contributed by atoms with Gasteiger partial charge < -0.3 is 18.9 Å². The largest absolute Gasteiger partial charge is 0.469 e. The summed E-state index contributed by atoms with van der Waals surface area (Å²) in [5.41, 5.74) is 0. The number of hydrogen-bond donors (Lipinski definition) is 0. The number of hydrogen-bond acceptors (Lipinski definition) is 8. The highest BCUT2D eigenvalue weighted by atomic mass is 16.5. The molecule has 0 aromatic heterocycles. The molecule has 8 heteroatoms. The predicted molar refractivity (Wildman–Crippen MR) is 73.6 cm³/mol. The van der Waals surface area contributed by atoms with Crippen LogP contribution in [0.4, 0.5) is 0 Å². The first-order valence-corrected chi connectivity index (χ1v) is 7.24. The van der Waals surface area contributed by atoms with Gasteiger partial charge in [-0.3, -0.25) is 19.2 Å². The Morgan fingerprint density at radius 3 is 0.957 bits per heavy atom. The zero-order valence-corrected chi connectivity index (χ0v) is 13.4. The van der Waals surface area contributed by atoms with Crippen molar-refractivity contribution < 1.29 is 38.1 Å². The molecule has 0 saturated heterocycles. The number of rotatable bonds is 4. The van der Waals surface area contributed by atoms with Crippen LogP contribution in [0.3, 0.4) is 0 Å². The molecule has 0 heterocycles. The van der Waals surface area contributed by atoms with Gasteiger partial charge in [0.05, 0.1) is 52.1 Å². The van der Waals surface area contributed by atoms with Gasteiger partial charge in [-0.15, -0.1) is 0 Å². The molecule has 4 unspecified atom stereocenters. The van der Waals surface area contributed by atoms with Gasteiger partial charge >= 0.3 is 23.9 Å².